The van der Waals surface area contributed by atoms with Crippen LogP contribution >= 0.6 is 0 Å². The number of carbonyl (C=O) groups is 2. The van der Waals surface area contributed by atoms with Crippen LogP contribution in [0, 0.1) is 5.92 Å². The molecule has 0 heterocycles. The highest BCUT2D eigenvalue weighted by Crippen LogP contribution is 2.28. The summed E-state index contributed by atoms with van der Waals surface area (Å²) in [6.07, 6.45) is 1.97. The normalized spacial score (nSPS) is 17.6. The second-order valence-corrected chi connectivity index (χ2v) is 5.25. The Labute approximate surface area is 118 Å². The van der Waals surface area contributed by atoms with Gasteiger partial charge in [0.05, 0.1) is 0 Å². The number of hydrogen-bond donors (Lipinski definition) is 0. The standard InChI is InChI=1S/C18H16O2/c19-17(14-7-2-1-3-8-14)12-15-11-10-13-6-4-5-9-16(13)18(15)20/h1-9,15H,10-12H2. The molecule has 1 atom stereocenters. The molecule has 0 bridgehead atoms. The Balaban J connectivity index is 1.77. The van der Waals surface area contributed by atoms with Crippen molar-refractivity contribution in [2.75, 3.05) is 0 Å². The highest BCUT2D eigenvalue weighted by molar-refractivity contribution is 6.04. The van der Waals surface area contributed by atoms with Gasteiger partial charge < -0.3 is 0 Å². The van der Waals surface area contributed by atoms with E-state index in [0.717, 1.165) is 24.0 Å². The SMILES string of the molecule is O=C(CC1CCc2ccccc2C1=O)c1ccccc1. The van der Waals surface area contributed by atoms with Gasteiger partial charge in [0.2, 0.25) is 0 Å². The zero-order valence-corrected chi connectivity index (χ0v) is 11.2. The summed E-state index contributed by atoms with van der Waals surface area (Å²) in [7, 11) is 0. The minimum absolute atomic E-state index is 0.0586. The number of Topliss-reactive ketones (excluding diaryl/α,β-unsaturated/α-hetero) is 2. The van der Waals surface area contributed by atoms with Crippen molar-refractivity contribution in [3.05, 3.63) is 71.3 Å². The van der Waals surface area contributed by atoms with Gasteiger partial charge in [-0.05, 0) is 18.4 Å². The van der Waals surface area contributed by atoms with E-state index in [1.54, 1.807) is 0 Å². The molecule has 0 spiro atoms. The van der Waals surface area contributed by atoms with Crippen molar-refractivity contribution in [1.29, 1.82) is 0 Å². The van der Waals surface area contributed by atoms with Gasteiger partial charge in [-0.3, -0.25) is 9.59 Å². The smallest absolute Gasteiger partial charge is 0.166 e. The fourth-order valence-electron chi connectivity index (χ4n) is 2.82. The summed E-state index contributed by atoms with van der Waals surface area (Å²) in [6, 6.07) is 16.9. The number of hydrogen-bond acceptors (Lipinski definition) is 2. The lowest BCUT2D eigenvalue weighted by atomic mass is 9.80. The average Bonchev–Trinajstić information content (AvgIpc) is 2.51. The quantitative estimate of drug-likeness (QED) is 0.792. The third-order valence-electron chi connectivity index (χ3n) is 3.94. The number of aryl methyl sites for hydroxylation is 1. The highest BCUT2D eigenvalue weighted by Gasteiger charge is 2.28. The molecular formula is C18H16O2. The van der Waals surface area contributed by atoms with E-state index in [1.807, 2.05) is 54.6 Å². The van der Waals surface area contributed by atoms with E-state index in [2.05, 4.69) is 0 Å². The predicted octanol–water partition coefficient (Wildman–Crippen LogP) is 3.70. The van der Waals surface area contributed by atoms with Gasteiger partial charge in [-0.1, -0.05) is 54.6 Å². The second-order valence-electron chi connectivity index (χ2n) is 5.25. The van der Waals surface area contributed by atoms with Crippen LogP contribution in [0.25, 0.3) is 0 Å². The molecule has 1 unspecified atom stereocenters. The van der Waals surface area contributed by atoms with Crippen LogP contribution in [-0.2, 0) is 6.42 Å². The van der Waals surface area contributed by atoms with Gasteiger partial charge in [-0.15, -0.1) is 0 Å². The zero-order valence-electron chi connectivity index (χ0n) is 11.2. The Morgan fingerprint density at radius 1 is 1.00 bits per heavy atom. The summed E-state index contributed by atoms with van der Waals surface area (Å²) in [4.78, 5) is 24.6. The molecule has 1 aliphatic carbocycles. The first-order valence-electron chi connectivity index (χ1n) is 6.96. The summed E-state index contributed by atoms with van der Waals surface area (Å²) in [5.41, 5.74) is 2.60. The topological polar surface area (TPSA) is 34.1 Å². The molecule has 2 heteroatoms. The summed E-state index contributed by atoms with van der Waals surface area (Å²) in [5.74, 6) is 0.0112. The van der Waals surface area contributed by atoms with Crippen molar-refractivity contribution < 1.29 is 9.59 Å². The van der Waals surface area contributed by atoms with Gasteiger partial charge in [0.15, 0.2) is 11.6 Å². The van der Waals surface area contributed by atoms with Crippen LogP contribution in [0.3, 0.4) is 0 Å². The second kappa shape index (κ2) is 5.41. The summed E-state index contributed by atoms with van der Waals surface area (Å²) >= 11 is 0. The van der Waals surface area contributed by atoms with Crippen LogP contribution in [0.5, 0.6) is 0 Å². The maximum atomic E-state index is 12.4. The van der Waals surface area contributed by atoms with Crippen molar-refractivity contribution in [3.63, 3.8) is 0 Å². The first-order valence-corrected chi connectivity index (χ1v) is 6.96. The first-order chi connectivity index (χ1) is 9.75. The zero-order chi connectivity index (χ0) is 13.9. The van der Waals surface area contributed by atoms with E-state index >= 15 is 0 Å². The first kappa shape index (κ1) is 12.8. The predicted molar refractivity (Wildman–Crippen MR) is 78.0 cm³/mol. The van der Waals surface area contributed by atoms with Crippen molar-refractivity contribution in [1.82, 2.24) is 0 Å². The largest absolute Gasteiger partial charge is 0.294 e. The molecule has 0 fully saturated rings. The minimum Gasteiger partial charge on any atom is -0.294 e. The lowest BCUT2D eigenvalue weighted by Gasteiger charge is -2.22. The molecule has 2 aromatic rings. The van der Waals surface area contributed by atoms with Gasteiger partial charge in [0.25, 0.3) is 0 Å². The molecule has 0 aromatic heterocycles. The van der Waals surface area contributed by atoms with Crippen LogP contribution in [0.1, 0.15) is 39.1 Å². The van der Waals surface area contributed by atoms with Gasteiger partial charge in [0, 0.05) is 23.5 Å². The molecule has 3 rings (SSSR count). The molecule has 0 amide bonds. The van der Waals surface area contributed by atoms with E-state index in [-0.39, 0.29) is 17.5 Å². The van der Waals surface area contributed by atoms with Gasteiger partial charge >= 0.3 is 0 Å². The summed E-state index contributed by atoms with van der Waals surface area (Å²) in [5, 5.41) is 0. The van der Waals surface area contributed by atoms with Crippen LogP contribution in [0.15, 0.2) is 54.6 Å². The maximum absolute atomic E-state index is 12.4. The fraction of sp³-hybridized carbons (Fsp3) is 0.222. The molecule has 2 nitrogen and oxygen atoms in total. The number of rotatable bonds is 3. The third kappa shape index (κ3) is 2.42. The molecule has 100 valence electrons. The number of benzene rings is 2. The molecular weight excluding hydrogens is 248 g/mol. The van der Waals surface area contributed by atoms with E-state index in [9.17, 15) is 9.59 Å². The number of ketones is 2. The Hall–Kier alpha value is -2.22. The molecule has 1 aliphatic rings. The molecule has 20 heavy (non-hydrogen) atoms. The van der Waals surface area contributed by atoms with Crippen LogP contribution in [-0.4, -0.2) is 11.6 Å². The molecule has 0 saturated carbocycles. The Kier molecular flexibility index (Phi) is 3.46. The molecule has 2 aromatic carbocycles. The van der Waals surface area contributed by atoms with Gasteiger partial charge in [-0.25, -0.2) is 0 Å². The molecule has 0 aliphatic heterocycles. The lowest BCUT2D eigenvalue weighted by molar-refractivity contribution is 0.0836. The molecule has 0 radical (unpaired) electrons. The molecule has 0 N–H and O–H groups in total. The van der Waals surface area contributed by atoms with Crippen LogP contribution < -0.4 is 0 Å². The molecule has 0 saturated heterocycles. The summed E-state index contributed by atoms with van der Waals surface area (Å²) in [6.45, 7) is 0. The Bertz CT molecular complexity index is 643. The number of carbonyl (C=O) groups excluding carboxylic acids is 2. The van der Waals surface area contributed by atoms with Gasteiger partial charge in [-0.2, -0.15) is 0 Å². The van der Waals surface area contributed by atoms with Crippen LogP contribution in [0.4, 0.5) is 0 Å². The van der Waals surface area contributed by atoms with E-state index < -0.39 is 0 Å². The van der Waals surface area contributed by atoms with Crippen LogP contribution in [0.2, 0.25) is 0 Å². The van der Waals surface area contributed by atoms with Crippen molar-refractivity contribution in [2.45, 2.75) is 19.3 Å². The van der Waals surface area contributed by atoms with Gasteiger partial charge in [0.1, 0.15) is 0 Å². The fourth-order valence-corrected chi connectivity index (χ4v) is 2.82. The third-order valence-corrected chi connectivity index (χ3v) is 3.94. The lowest BCUT2D eigenvalue weighted by Crippen LogP contribution is -2.25. The van der Waals surface area contributed by atoms with E-state index in [4.69, 9.17) is 0 Å². The minimum atomic E-state index is -0.169. The van der Waals surface area contributed by atoms with Crippen molar-refractivity contribution in [2.24, 2.45) is 5.92 Å². The monoisotopic (exact) mass is 264 g/mol. The summed E-state index contributed by atoms with van der Waals surface area (Å²) < 4.78 is 0. The average molecular weight is 264 g/mol. The number of fused-ring (bicyclic) bond motifs is 1. The van der Waals surface area contributed by atoms with Crippen molar-refractivity contribution >= 4 is 11.6 Å². The highest BCUT2D eigenvalue weighted by atomic mass is 16.1. The Morgan fingerprint density at radius 2 is 1.70 bits per heavy atom. The van der Waals surface area contributed by atoms with E-state index in [1.165, 1.54) is 0 Å². The van der Waals surface area contributed by atoms with Crippen molar-refractivity contribution in [3.8, 4) is 0 Å². The van der Waals surface area contributed by atoms with E-state index in [0.29, 0.717) is 12.0 Å². The maximum Gasteiger partial charge on any atom is 0.166 e. The Morgan fingerprint density at radius 3 is 2.50 bits per heavy atom.